The monoisotopic (exact) mass is 339 g/mol. The Kier molecular flexibility index (Phi) is 10.4. The topological polar surface area (TPSA) is 83.9 Å². The molecule has 22 heavy (non-hydrogen) atoms. The van der Waals surface area contributed by atoms with Gasteiger partial charge in [0.05, 0.1) is 37.9 Å². The summed E-state index contributed by atoms with van der Waals surface area (Å²) in [4.78, 5) is 4.59. The molecular formula is C14H33N3O4S. The number of rotatable bonds is 7. The largest absolute Gasteiger partial charge is 0.748 e. The van der Waals surface area contributed by atoms with Gasteiger partial charge >= 0.3 is 0 Å². The first kappa shape index (κ1) is 21.8. The number of aliphatic hydroxyl groups excluding tert-OH is 1. The second-order valence-electron chi connectivity index (χ2n) is 6.85. The summed E-state index contributed by atoms with van der Waals surface area (Å²) < 4.78 is 31.9. The highest BCUT2D eigenvalue weighted by atomic mass is 32.2. The molecule has 0 atom stereocenters. The third-order valence-electron chi connectivity index (χ3n) is 3.49. The van der Waals surface area contributed by atoms with Gasteiger partial charge < -0.3 is 23.9 Å². The van der Waals surface area contributed by atoms with Crippen molar-refractivity contribution in [2.45, 2.75) is 12.8 Å². The van der Waals surface area contributed by atoms with E-state index in [-0.39, 0.29) is 12.4 Å². The molecule has 1 heterocycles. The first-order valence-corrected chi connectivity index (χ1v) is 9.37. The predicted molar refractivity (Wildman–Crippen MR) is 87.7 cm³/mol. The van der Waals surface area contributed by atoms with E-state index in [0.29, 0.717) is 6.42 Å². The van der Waals surface area contributed by atoms with Crippen LogP contribution in [0.3, 0.4) is 0 Å². The van der Waals surface area contributed by atoms with Crippen LogP contribution in [0, 0.1) is 0 Å². The molecule has 0 aromatic carbocycles. The molecule has 0 unspecified atom stereocenters. The Bertz CT molecular complexity index is 374. The van der Waals surface area contributed by atoms with E-state index in [0.717, 1.165) is 50.2 Å². The molecule has 0 saturated carbocycles. The van der Waals surface area contributed by atoms with E-state index < -0.39 is 10.1 Å². The summed E-state index contributed by atoms with van der Waals surface area (Å²) in [7, 11) is 4.24. The molecule has 1 fully saturated rings. The first-order valence-electron chi connectivity index (χ1n) is 7.79. The highest BCUT2D eigenvalue weighted by molar-refractivity contribution is 7.85. The minimum atomic E-state index is -4.01. The lowest BCUT2D eigenvalue weighted by molar-refractivity contribution is -0.870. The van der Waals surface area contributed by atoms with Gasteiger partial charge in [-0.3, -0.25) is 0 Å². The number of hydrogen-bond acceptors (Lipinski definition) is 6. The third-order valence-corrected chi connectivity index (χ3v) is 4.27. The van der Waals surface area contributed by atoms with Crippen LogP contribution in [0.15, 0.2) is 0 Å². The summed E-state index contributed by atoms with van der Waals surface area (Å²) in [6.07, 6.45) is 1.28. The fourth-order valence-corrected chi connectivity index (χ4v) is 2.54. The van der Waals surface area contributed by atoms with Crippen molar-refractivity contribution in [3.63, 3.8) is 0 Å². The smallest absolute Gasteiger partial charge is 0.101 e. The molecule has 7 nitrogen and oxygen atoms in total. The molecule has 0 spiro atoms. The molecule has 1 N–H and O–H groups in total. The number of hydrogen-bond donors (Lipinski definition) is 1. The highest BCUT2D eigenvalue weighted by Crippen LogP contribution is 2.02. The molecule has 0 aromatic rings. The van der Waals surface area contributed by atoms with E-state index in [4.69, 9.17) is 5.11 Å². The van der Waals surface area contributed by atoms with Gasteiger partial charge in [0.1, 0.15) is 6.54 Å². The van der Waals surface area contributed by atoms with Gasteiger partial charge in [0.25, 0.3) is 0 Å². The molecule has 0 radical (unpaired) electrons. The molecule has 0 aromatic heterocycles. The number of unbranched alkanes of at least 4 members (excludes halogenated alkanes) is 1. The fourth-order valence-electron chi connectivity index (χ4n) is 1.99. The van der Waals surface area contributed by atoms with Crippen LogP contribution in [0.5, 0.6) is 0 Å². The van der Waals surface area contributed by atoms with E-state index in [1.807, 2.05) is 0 Å². The molecule has 134 valence electrons. The van der Waals surface area contributed by atoms with Crippen molar-refractivity contribution >= 4 is 10.1 Å². The maximum absolute atomic E-state index is 10.3. The molecule has 8 heteroatoms. The Balaban J connectivity index is 0.000000534. The van der Waals surface area contributed by atoms with Crippen LogP contribution in [0.1, 0.15) is 12.8 Å². The zero-order chi connectivity index (χ0) is 17.2. The van der Waals surface area contributed by atoms with Crippen molar-refractivity contribution in [2.24, 2.45) is 0 Å². The van der Waals surface area contributed by atoms with E-state index in [2.05, 4.69) is 38.0 Å². The van der Waals surface area contributed by atoms with E-state index in [9.17, 15) is 13.0 Å². The molecule has 1 aliphatic heterocycles. The molecule has 0 aliphatic carbocycles. The quantitative estimate of drug-likeness (QED) is 0.373. The maximum Gasteiger partial charge on any atom is 0.101 e. The Morgan fingerprint density at radius 2 is 1.64 bits per heavy atom. The van der Waals surface area contributed by atoms with Crippen LogP contribution >= 0.6 is 0 Å². The van der Waals surface area contributed by atoms with Gasteiger partial charge in [-0.1, -0.05) is 0 Å². The Hall–Kier alpha value is -0.250. The maximum atomic E-state index is 10.3. The number of quaternary nitrogens is 1. The predicted octanol–water partition coefficient (Wildman–Crippen LogP) is -0.756. The highest BCUT2D eigenvalue weighted by Gasteiger charge is 2.12. The molecule has 0 bridgehead atoms. The average molecular weight is 340 g/mol. The Morgan fingerprint density at radius 1 is 1.09 bits per heavy atom. The Morgan fingerprint density at radius 3 is 2.00 bits per heavy atom. The average Bonchev–Trinajstić information content (AvgIpc) is 2.35. The lowest BCUT2D eigenvalue weighted by Gasteiger charge is -2.32. The standard InChI is InChI=1S/C9H20N2O3S.C5H14NO/c1-10-5-7-11(8-6-10)4-2-3-9-15(12,13)14;1-6(2,3)4-5-7/h2-9H2,1H3,(H,12,13,14);7H,4-5H2,1-3H3/q;+1/p-1. The molecular weight excluding hydrogens is 306 g/mol. The zero-order valence-corrected chi connectivity index (χ0v) is 15.3. The summed E-state index contributed by atoms with van der Waals surface area (Å²) in [5.41, 5.74) is 0. The van der Waals surface area contributed by atoms with E-state index >= 15 is 0 Å². The van der Waals surface area contributed by atoms with Gasteiger partial charge in [0.15, 0.2) is 0 Å². The molecule has 1 aliphatic rings. The van der Waals surface area contributed by atoms with Crippen LogP contribution in [-0.2, 0) is 10.1 Å². The summed E-state index contributed by atoms with van der Waals surface area (Å²) in [5.74, 6) is -0.221. The van der Waals surface area contributed by atoms with Crippen LogP contribution in [0.4, 0.5) is 0 Å². The SMILES string of the molecule is CN1CCN(CCCCS(=O)(=O)[O-])CC1.C[N+](C)(C)CCO. The number of piperazine rings is 1. The van der Waals surface area contributed by atoms with Gasteiger partial charge in [0, 0.05) is 31.9 Å². The van der Waals surface area contributed by atoms with Crippen molar-refractivity contribution in [3.8, 4) is 0 Å². The van der Waals surface area contributed by atoms with Crippen molar-refractivity contribution in [2.75, 3.05) is 79.8 Å². The molecule has 1 saturated heterocycles. The summed E-state index contributed by atoms with van der Waals surface area (Å²) in [6, 6.07) is 0. The summed E-state index contributed by atoms with van der Waals surface area (Å²) in [5, 5.41) is 8.39. The van der Waals surface area contributed by atoms with Crippen LogP contribution < -0.4 is 0 Å². The van der Waals surface area contributed by atoms with Crippen molar-refractivity contribution in [1.82, 2.24) is 9.80 Å². The van der Waals surface area contributed by atoms with Gasteiger partial charge in [-0.25, -0.2) is 8.42 Å². The number of nitrogens with zero attached hydrogens (tertiary/aromatic N) is 3. The zero-order valence-electron chi connectivity index (χ0n) is 14.5. The lowest BCUT2D eigenvalue weighted by Crippen LogP contribution is -2.44. The van der Waals surface area contributed by atoms with Crippen molar-refractivity contribution < 1.29 is 22.6 Å². The normalized spacial score (nSPS) is 17.9. The molecule has 0 amide bonds. The van der Waals surface area contributed by atoms with E-state index in [1.54, 1.807) is 0 Å². The van der Waals surface area contributed by atoms with Crippen molar-refractivity contribution in [3.05, 3.63) is 0 Å². The second-order valence-corrected chi connectivity index (χ2v) is 8.37. The van der Waals surface area contributed by atoms with Crippen LogP contribution in [-0.4, -0.2) is 112 Å². The summed E-state index contributed by atoms with van der Waals surface area (Å²) in [6.45, 7) is 6.24. The fraction of sp³-hybridized carbons (Fsp3) is 1.00. The minimum Gasteiger partial charge on any atom is -0.748 e. The van der Waals surface area contributed by atoms with Crippen molar-refractivity contribution in [1.29, 1.82) is 0 Å². The minimum absolute atomic E-state index is 0.221. The number of likely N-dealkylation sites (N-methyl/N-ethyl adjacent to an activating group) is 2. The third kappa shape index (κ3) is 14.7. The van der Waals surface area contributed by atoms with Crippen LogP contribution in [0.25, 0.3) is 0 Å². The van der Waals surface area contributed by atoms with Crippen LogP contribution in [0.2, 0.25) is 0 Å². The van der Waals surface area contributed by atoms with Gasteiger partial charge in [-0.15, -0.1) is 0 Å². The second kappa shape index (κ2) is 10.5. The first-order chi connectivity index (χ1) is 10.0. The van der Waals surface area contributed by atoms with E-state index in [1.165, 1.54) is 0 Å². The molecule has 1 rings (SSSR count). The lowest BCUT2D eigenvalue weighted by atomic mass is 10.2. The summed E-state index contributed by atoms with van der Waals surface area (Å²) >= 11 is 0. The number of aliphatic hydroxyl groups is 1. The van der Waals surface area contributed by atoms with Gasteiger partial charge in [-0.2, -0.15) is 0 Å². The Labute approximate surface area is 135 Å². The van der Waals surface area contributed by atoms with Gasteiger partial charge in [-0.05, 0) is 26.4 Å². The van der Waals surface area contributed by atoms with Gasteiger partial charge in [0.2, 0.25) is 0 Å².